The lowest BCUT2D eigenvalue weighted by Gasteiger charge is -2.34. The van der Waals surface area contributed by atoms with E-state index in [0.29, 0.717) is 0 Å². The summed E-state index contributed by atoms with van der Waals surface area (Å²) in [7, 11) is 0. The molecule has 7 rings (SSSR count). The molecule has 0 heterocycles. The fourth-order valence-electron chi connectivity index (χ4n) is 5.94. The normalized spacial score (nSPS) is 14.4. The zero-order valence-electron chi connectivity index (χ0n) is 17.7. The lowest BCUT2D eigenvalue weighted by Crippen LogP contribution is -2.22. The van der Waals surface area contributed by atoms with Gasteiger partial charge in [-0.05, 0) is 71.4 Å². The maximum Gasteiger partial charge on any atom is 0.0159 e. The van der Waals surface area contributed by atoms with Gasteiger partial charge in [0, 0.05) is 5.41 Å². The lowest BCUT2D eigenvalue weighted by molar-refractivity contribution is 0.652. The van der Waals surface area contributed by atoms with Gasteiger partial charge in [0.05, 0.1) is 0 Å². The second-order valence-corrected chi connectivity index (χ2v) is 9.37. The molecular weight excluding hydrogens is 372 g/mol. The minimum absolute atomic E-state index is 0.0126. The zero-order valence-corrected chi connectivity index (χ0v) is 17.7. The first-order valence-corrected chi connectivity index (χ1v) is 11.0. The van der Waals surface area contributed by atoms with Crippen LogP contribution >= 0.6 is 0 Å². The SMILES string of the molecule is CC1(C)c2cccc3ccc4c(-c5cccc6ccccc56)cc5cccc1c5c4c23. The van der Waals surface area contributed by atoms with Crippen LogP contribution in [0.3, 0.4) is 0 Å². The Kier molecular flexibility index (Phi) is 3.16. The van der Waals surface area contributed by atoms with E-state index in [2.05, 4.69) is 111 Å². The van der Waals surface area contributed by atoms with E-state index in [0.717, 1.165) is 0 Å². The molecule has 31 heavy (non-hydrogen) atoms. The summed E-state index contributed by atoms with van der Waals surface area (Å²) in [5, 5.41) is 10.9. The maximum atomic E-state index is 2.42. The van der Waals surface area contributed by atoms with Crippen LogP contribution in [0.25, 0.3) is 54.2 Å². The molecule has 0 heteroatoms. The summed E-state index contributed by atoms with van der Waals surface area (Å²) in [6.07, 6.45) is 0. The highest BCUT2D eigenvalue weighted by molar-refractivity contribution is 6.28. The Hall–Kier alpha value is -3.64. The van der Waals surface area contributed by atoms with E-state index < -0.39 is 0 Å². The van der Waals surface area contributed by atoms with E-state index in [1.807, 2.05) is 0 Å². The van der Waals surface area contributed by atoms with Crippen molar-refractivity contribution in [2.75, 3.05) is 0 Å². The third-order valence-electron chi connectivity index (χ3n) is 7.41. The van der Waals surface area contributed by atoms with Crippen molar-refractivity contribution in [2.45, 2.75) is 19.3 Å². The first-order chi connectivity index (χ1) is 15.1. The molecule has 0 amide bonds. The molecule has 0 unspecified atom stereocenters. The van der Waals surface area contributed by atoms with Crippen molar-refractivity contribution in [1.29, 1.82) is 0 Å². The number of fused-ring (bicyclic) bond motifs is 1. The Labute approximate surface area is 181 Å². The molecule has 0 aromatic heterocycles. The van der Waals surface area contributed by atoms with Crippen molar-refractivity contribution in [3.05, 3.63) is 108 Å². The average molecular weight is 395 g/mol. The molecule has 0 bridgehead atoms. The first kappa shape index (κ1) is 17.1. The van der Waals surface area contributed by atoms with Crippen molar-refractivity contribution in [1.82, 2.24) is 0 Å². The van der Waals surface area contributed by atoms with Gasteiger partial charge < -0.3 is 0 Å². The van der Waals surface area contributed by atoms with Crippen molar-refractivity contribution in [3.63, 3.8) is 0 Å². The van der Waals surface area contributed by atoms with E-state index >= 15 is 0 Å². The van der Waals surface area contributed by atoms with Crippen LogP contribution in [0.15, 0.2) is 97.1 Å². The summed E-state index contributed by atoms with van der Waals surface area (Å²) >= 11 is 0. The molecule has 146 valence electrons. The second kappa shape index (κ2) is 5.74. The fraction of sp³-hybridized carbons (Fsp3) is 0.0968. The second-order valence-electron chi connectivity index (χ2n) is 9.37. The number of hydrogen-bond donors (Lipinski definition) is 0. The van der Waals surface area contributed by atoms with E-state index in [1.165, 1.54) is 65.3 Å². The molecule has 1 aliphatic rings. The van der Waals surface area contributed by atoms with Crippen LogP contribution in [0.5, 0.6) is 0 Å². The Balaban J connectivity index is 1.77. The molecule has 0 saturated carbocycles. The van der Waals surface area contributed by atoms with Crippen LogP contribution in [0.2, 0.25) is 0 Å². The van der Waals surface area contributed by atoms with Crippen LogP contribution in [0.1, 0.15) is 25.0 Å². The Morgan fingerprint density at radius 3 is 1.94 bits per heavy atom. The molecule has 0 N–H and O–H groups in total. The smallest absolute Gasteiger partial charge is 0.0159 e. The Bertz CT molecular complexity index is 1670. The van der Waals surface area contributed by atoms with Gasteiger partial charge in [-0.15, -0.1) is 0 Å². The van der Waals surface area contributed by atoms with Crippen LogP contribution in [0.4, 0.5) is 0 Å². The summed E-state index contributed by atoms with van der Waals surface area (Å²) in [5.74, 6) is 0. The van der Waals surface area contributed by atoms with Crippen molar-refractivity contribution in [2.24, 2.45) is 0 Å². The average Bonchev–Trinajstić information content (AvgIpc) is 2.81. The van der Waals surface area contributed by atoms with Gasteiger partial charge in [-0.25, -0.2) is 0 Å². The monoisotopic (exact) mass is 394 g/mol. The lowest BCUT2D eigenvalue weighted by atomic mass is 9.69. The molecule has 0 aliphatic heterocycles. The van der Waals surface area contributed by atoms with Gasteiger partial charge in [-0.3, -0.25) is 0 Å². The standard InChI is InChI=1S/C31H22/c1-31(2)26-14-6-10-20-16-17-24-25(23-13-5-9-19-8-3-4-12-22(19)23)18-21-11-7-15-27(31)29(21)30(24)28(20)26/h3-18H,1-2H3. The van der Waals surface area contributed by atoms with Crippen LogP contribution in [-0.2, 0) is 5.41 Å². The van der Waals surface area contributed by atoms with Gasteiger partial charge in [0.15, 0.2) is 0 Å². The number of hydrogen-bond acceptors (Lipinski definition) is 0. The van der Waals surface area contributed by atoms with E-state index in [4.69, 9.17) is 0 Å². The van der Waals surface area contributed by atoms with Gasteiger partial charge in [-0.2, -0.15) is 0 Å². The number of benzene rings is 6. The van der Waals surface area contributed by atoms with Gasteiger partial charge in [0.2, 0.25) is 0 Å². The minimum atomic E-state index is -0.0126. The van der Waals surface area contributed by atoms with Gasteiger partial charge in [0.25, 0.3) is 0 Å². The molecular formula is C31H22. The third-order valence-corrected chi connectivity index (χ3v) is 7.41. The molecule has 0 nitrogen and oxygen atoms in total. The Morgan fingerprint density at radius 2 is 1.10 bits per heavy atom. The molecule has 0 fully saturated rings. The highest BCUT2D eigenvalue weighted by Gasteiger charge is 2.32. The quantitative estimate of drug-likeness (QED) is 0.245. The van der Waals surface area contributed by atoms with Crippen molar-refractivity contribution >= 4 is 43.1 Å². The van der Waals surface area contributed by atoms with E-state index in [9.17, 15) is 0 Å². The molecule has 0 radical (unpaired) electrons. The van der Waals surface area contributed by atoms with Crippen LogP contribution in [0, 0.1) is 0 Å². The van der Waals surface area contributed by atoms with Crippen LogP contribution in [-0.4, -0.2) is 0 Å². The van der Waals surface area contributed by atoms with E-state index in [-0.39, 0.29) is 5.41 Å². The first-order valence-electron chi connectivity index (χ1n) is 11.0. The summed E-state index contributed by atoms with van der Waals surface area (Å²) in [6.45, 7) is 4.74. The highest BCUT2D eigenvalue weighted by Crippen LogP contribution is 2.50. The van der Waals surface area contributed by atoms with Crippen LogP contribution < -0.4 is 0 Å². The van der Waals surface area contributed by atoms with Crippen molar-refractivity contribution in [3.8, 4) is 11.1 Å². The largest absolute Gasteiger partial charge is 0.0616 e. The topological polar surface area (TPSA) is 0 Å². The zero-order chi connectivity index (χ0) is 20.7. The van der Waals surface area contributed by atoms with Gasteiger partial charge in [-0.1, -0.05) is 105 Å². The molecule has 0 saturated heterocycles. The highest BCUT2D eigenvalue weighted by atomic mass is 14.4. The molecule has 6 aromatic carbocycles. The molecule has 0 atom stereocenters. The van der Waals surface area contributed by atoms with E-state index in [1.54, 1.807) is 0 Å². The van der Waals surface area contributed by atoms with Gasteiger partial charge in [0.1, 0.15) is 0 Å². The predicted molar refractivity (Wildman–Crippen MR) is 134 cm³/mol. The minimum Gasteiger partial charge on any atom is -0.0616 e. The summed E-state index contributed by atoms with van der Waals surface area (Å²) in [6, 6.07) is 36.1. The summed E-state index contributed by atoms with van der Waals surface area (Å²) < 4.78 is 0. The molecule has 6 aromatic rings. The molecule has 1 aliphatic carbocycles. The maximum absolute atomic E-state index is 2.42. The third kappa shape index (κ3) is 2.10. The van der Waals surface area contributed by atoms with Crippen molar-refractivity contribution < 1.29 is 0 Å². The number of rotatable bonds is 1. The molecule has 0 spiro atoms. The Morgan fingerprint density at radius 1 is 0.452 bits per heavy atom. The predicted octanol–water partition coefficient (Wildman–Crippen LogP) is 8.61. The summed E-state index contributed by atoms with van der Waals surface area (Å²) in [4.78, 5) is 0. The fourth-order valence-corrected chi connectivity index (χ4v) is 5.94. The van der Waals surface area contributed by atoms with Gasteiger partial charge >= 0.3 is 0 Å². The summed E-state index contributed by atoms with van der Waals surface area (Å²) in [5.41, 5.74) is 5.50.